The zero-order valence-corrected chi connectivity index (χ0v) is 17.8. The maximum Gasteiger partial charge on any atom is 0.414 e. The van der Waals surface area contributed by atoms with E-state index in [0.717, 1.165) is 16.9 Å². The average Bonchev–Trinajstić information content (AvgIpc) is 3.46. The van der Waals surface area contributed by atoms with Gasteiger partial charge in [0.2, 0.25) is 0 Å². The van der Waals surface area contributed by atoms with Crippen LogP contribution >= 0.6 is 11.3 Å². The van der Waals surface area contributed by atoms with Crippen LogP contribution in [0.1, 0.15) is 45.7 Å². The quantitative estimate of drug-likeness (QED) is 0.459. The van der Waals surface area contributed by atoms with Crippen LogP contribution in [0, 0.1) is 0 Å². The molecular formula is C22H19N5O4S. The van der Waals surface area contributed by atoms with E-state index in [1.165, 1.54) is 23.0 Å². The molecule has 0 aliphatic rings. The third-order valence-electron chi connectivity index (χ3n) is 4.65. The van der Waals surface area contributed by atoms with Crippen molar-refractivity contribution in [1.29, 1.82) is 0 Å². The maximum absolute atomic E-state index is 12.6. The first kappa shape index (κ1) is 21.2. The number of carbonyl (C=O) groups excluding carboxylic acids is 3. The molecule has 32 heavy (non-hydrogen) atoms. The van der Waals surface area contributed by atoms with Gasteiger partial charge in [0.1, 0.15) is 11.1 Å². The summed E-state index contributed by atoms with van der Waals surface area (Å²) in [5.74, 6) is -1.13. The van der Waals surface area contributed by atoms with Gasteiger partial charge in [-0.05, 0) is 23.4 Å². The summed E-state index contributed by atoms with van der Waals surface area (Å²) in [4.78, 5) is 41.7. The largest absolute Gasteiger partial charge is 0.441 e. The predicted octanol–water partition coefficient (Wildman–Crippen LogP) is 4.06. The standard InChI is InChI=1S/C22H19N5O4S/c1-2-17(14-6-4-3-5-7-14)31-22(30)26-20(29)16-9-11-32-21(16)25-19(28)15-12-23-18-8-10-24-27(18)13-15/h3-13,17H,2H2,1H3,(H,25,28)(H,26,29,30). The van der Waals surface area contributed by atoms with E-state index < -0.39 is 24.0 Å². The fourth-order valence-electron chi connectivity index (χ4n) is 3.06. The minimum absolute atomic E-state index is 0.154. The summed E-state index contributed by atoms with van der Waals surface area (Å²) < 4.78 is 6.88. The molecule has 1 atom stereocenters. The van der Waals surface area contributed by atoms with Crippen LogP contribution in [0.5, 0.6) is 0 Å². The monoisotopic (exact) mass is 449 g/mol. The number of alkyl carbamates (subject to hydrolysis) is 1. The van der Waals surface area contributed by atoms with Crippen LogP contribution in [-0.4, -0.2) is 32.5 Å². The highest BCUT2D eigenvalue weighted by atomic mass is 32.1. The third kappa shape index (κ3) is 4.65. The second-order valence-corrected chi connectivity index (χ2v) is 7.68. The van der Waals surface area contributed by atoms with Gasteiger partial charge in [-0.15, -0.1) is 11.3 Å². The highest BCUT2D eigenvalue weighted by Gasteiger charge is 2.21. The number of imide groups is 1. The summed E-state index contributed by atoms with van der Waals surface area (Å²) in [5.41, 5.74) is 1.87. The van der Waals surface area contributed by atoms with Crippen molar-refractivity contribution in [1.82, 2.24) is 19.9 Å². The molecule has 0 aliphatic heterocycles. The molecule has 0 spiro atoms. The first-order valence-electron chi connectivity index (χ1n) is 9.80. The lowest BCUT2D eigenvalue weighted by atomic mass is 10.1. The number of carbonyl (C=O) groups is 3. The van der Waals surface area contributed by atoms with Crippen LogP contribution in [0.2, 0.25) is 0 Å². The van der Waals surface area contributed by atoms with Crippen molar-refractivity contribution < 1.29 is 19.1 Å². The molecule has 0 saturated carbocycles. The molecule has 0 fully saturated rings. The second-order valence-electron chi connectivity index (χ2n) is 6.76. The number of thiophene rings is 1. The Hall–Kier alpha value is -4.05. The van der Waals surface area contributed by atoms with Crippen LogP contribution in [-0.2, 0) is 4.74 Å². The Morgan fingerprint density at radius 3 is 2.72 bits per heavy atom. The molecule has 0 radical (unpaired) electrons. The van der Waals surface area contributed by atoms with Crippen LogP contribution in [0.3, 0.4) is 0 Å². The van der Waals surface area contributed by atoms with Gasteiger partial charge in [0.15, 0.2) is 5.65 Å². The van der Waals surface area contributed by atoms with Gasteiger partial charge in [-0.2, -0.15) is 5.10 Å². The number of rotatable bonds is 6. The fourth-order valence-corrected chi connectivity index (χ4v) is 3.84. The molecule has 3 heterocycles. The number of nitrogens with one attached hydrogen (secondary N) is 2. The Labute approximate surface area is 187 Å². The van der Waals surface area contributed by atoms with Crippen molar-refractivity contribution in [3.8, 4) is 0 Å². The summed E-state index contributed by atoms with van der Waals surface area (Å²) >= 11 is 1.16. The van der Waals surface area contributed by atoms with Crippen molar-refractivity contribution in [3.63, 3.8) is 0 Å². The van der Waals surface area contributed by atoms with Crippen LogP contribution in [0.15, 0.2) is 66.4 Å². The molecule has 4 aromatic rings. The van der Waals surface area contributed by atoms with Crippen molar-refractivity contribution in [2.24, 2.45) is 0 Å². The summed E-state index contributed by atoms with van der Waals surface area (Å²) in [7, 11) is 0. The van der Waals surface area contributed by atoms with E-state index in [9.17, 15) is 14.4 Å². The summed E-state index contributed by atoms with van der Waals surface area (Å²) in [6, 6.07) is 12.5. The zero-order chi connectivity index (χ0) is 22.5. The number of ether oxygens (including phenoxy) is 1. The Kier molecular flexibility index (Phi) is 6.22. The predicted molar refractivity (Wildman–Crippen MR) is 119 cm³/mol. The van der Waals surface area contributed by atoms with E-state index in [-0.39, 0.29) is 11.1 Å². The van der Waals surface area contributed by atoms with Crippen molar-refractivity contribution >= 4 is 39.9 Å². The van der Waals surface area contributed by atoms with E-state index in [2.05, 4.69) is 20.7 Å². The molecule has 9 nitrogen and oxygen atoms in total. The lowest BCUT2D eigenvalue weighted by Crippen LogP contribution is -2.32. The molecular weight excluding hydrogens is 430 g/mol. The van der Waals surface area contributed by atoms with E-state index >= 15 is 0 Å². The van der Waals surface area contributed by atoms with E-state index in [4.69, 9.17) is 4.74 Å². The second kappa shape index (κ2) is 9.40. The highest BCUT2D eigenvalue weighted by Crippen LogP contribution is 2.25. The first-order chi connectivity index (χ1) is 15.5. The van der Waals surface area contributed by atoms with Gasteiger partial charge in [0.05, 0.1) is 17.3 Å². The molecule has 3 amide bonds. The van der Waals surface area contributed by atoms with Gasteiger partial charge < -0.3 is 10.1 Å². The molecule has 1 aromatic carbocycles. The Morgan fingerprint density at radius 1 is 1.12 bits per heavy atom. The van der Waals surface area contributed by atoms with E-state index in [1.807, 2.05) is 37.3 Å². The number of nitrogens with zero attached hydrogens (tertiary/aromatic N) is 3. The molecule has 0 saturated heterocycles. The molecule has 162 valence electrons. The van der Waals surface area contributed by atoms with Crippen molar-refractivity contribution in [2.45, 2.75) is 19.4 Å². The molecule has 10 heteroatoms. The topological polar surface area (TPSA) is 115 Å². The van der Waals surface area contributed by atoms with Crippen molar-refractivity contribution in [2.75, 3.05) is 5.32 Å². The van der Waals surface area contributed by atoms with Gasteiger partial charge in [-0.25, -0.2) is 14.3 Å². The fraction of sp³-hybridized carbons (Fsp3) is 0.136. The number of aromatic nitrogens is 3. The Morgan fingerprint density at radius 2 is 1.94 bits per heavy atom. The smallest absolute Gasteiger partial charge is 0.414 e. The molecule has 1 unspecified atom stereocenters. The van der Waals surface area contributed by atoms with Crippen LogP contribution < -0.4 is 10.6 Å². The molecule has 4 rings (SSSR count). The number of hydrogen-bond acceptors (Lipinski definition) is 7. The SMILES string of the molecule is CCC(OC(=O)NC(=O)c1ccsc1NC(=O)c1cnc2ccnn2c1)c1ccccc1. The van der Waals surface area contributed by atoms with E-state index in [1.54, 1.807) is 17.6 Å². The van der Waals surface area contributed by atoms with Gasteiger partial charge in [0.25, 0.3) is 11.8 Å². The van der Waals surface area contributed by atoms with Gasteiger partial charge >= 0.3 is 6.09 Å². The molecule has 0 bridgehead atoms. The van der Waals surface area contributed by atoms with Crippen LogP contribution in [0.4, 0.5) is 9.80 Å². The van der Waals surface area contributed by atoms with Gasteiger partial charge in [-0.1, -0.05) is 37.3 Å². The third-order valence-corrected chi connectivity index (χ3v) is 5.48. The minimum atomic E-state index is -0.859. The van der Waals surface area contributed by atoms with E-state index in [0.29, 0.717) is 17.1 Å². The number of fused-ring (bicyclic) bond motifs is 1. The molecule has 0 aliphatic carbocycles. The van der Waals surface area contributed by atoms with Gasteiger partial charge in [-0.3, -0.25) is 14.9 Å². The highest BCUT2D eigenvalue weighted by molar-refractivity contribution is 7.14. The number of hydrogen-bond donors (Lipinski definition) is 2. The van der Waals surface area contributed by atoms with Gasteiger partial charge in [0, 0.05) is 18.5 Å². The Balaban J connectivity index is 1.41. The first-order valence-corrected chi connectivity index (χ1v) is 10.7. The molecule has 2 N–H and O–H groups in total. The molecule has 3 aromatic heterocycles. The summed E-state index contributed by atoms with van der Waals surface area (Å²) in [6.45, 7) is 1.88. The average molecular weight is 449 g/mol. The lowest BCUT2D eigenvalue weighted by molar-refractivity contribution is 0.0809. The summed E-state index contributed by atoms with van der Waals surface area (Å²) in [6.07, 6.45) is 3.76. The lowest BCUT2D eigenvalue weighted by Gasteiger charge is -2.16. The zero-order valence-electron chi connectivity index (χ0n) is 17.0. The normalized spacial score (nSPS) is 11.7. The number of anilines is 1. The maximum atomic E-state index is 12.6. The van der Waals surface area contributed by atoms with Crippen molar-refractivity contribution in [3.05, 3.63) is 83.1 Å². The number of benzene rings is 1. The van der Waals surface area contributed by atoms with Crippen LogP contribution in [0.25, 0.3) is 5.65 Å². The summed E-state index contributed by atoms with van der Waals surface area (Å²) in [5, 5.41) is 10.9. The Bertz CT molecular complexity index is 1270. The number of amides is 3. The minimum Gasteiger partial charge on any atom is -0.441 e.